The van der Waals surface area contributed by atoms with E-state index in [1.165, 1.54) is 0 Å². The summed E-state index contributed by atoms with van der Waals surface area (Å²) in [4.78, 5) is 0. The van der Waals surface area contributed by atoms with Crippen molar-refractivity contribution in [1.29, 1.82) is 0 Å². The maximum absolute atomic E-state index is 12.3. The third kappa shape index (κ3) is 3.66. The molecule has 2 heterocycles. The second-order valence-electron chi connectivity index (χ2n) is 5.52. The highest BCUT2D eigenvalue weighted by Gasteiger charge is 2.31. The minimum absolute atomic E-state index is 0.0966. The van der Waals surface area contributed by atoms with E-state index in [9.17, 15) is 8.42 Å². The molecule has 0 aromatic rings. The molecule has 1 atom stereocenters. The van der Waals surface area contributed by atoms with Crippen molar-refractivity contribution >= 4 is 10.0 Å². The minimum atomic E-state index is -3.13. The Kier molecular flexibility index (Phi) is 5.00. The summed E-state index contributed by atoms with van der Waals surface area (Å²) in [5, 5.41) is 12.4. The van der Waals surface area contributed by atoms with E-state index in [4.69, 9.17) is 5.11 Å². The fourth-order valence-corrected chi connectivity index (χ4v) is 4.87. The summed E-state index contributed by atoms with van der Waals surface area (Å²) in [6.45, 7) is 3.09. The lowest BCUT2D eigenvalue weighted by atomic mass is 10.0. The highest BCUT2D eigenvalue weighted by atomic mass is 32.2. The average molecular weight is 276 g/mol. The van der Waals surface area contributed by atoms with Crippen LogP contribution in [0.5, 0.6) is 0 Å². The van der Waals surface area contributed by atoms with Gasteiger partial charge < -0.3 is 10.4 Å². The zero-order chi connectivity index (χ0) is 13.0. The molecular weight excluding hydrogens is 252 g/mol. The summed E-state index contributed by atoms with van der Waals surface area (Å²) in [6, 6.07) is 0. The Labute approximate surface area is 110 Å². The fraction of sp³-hybridized carbons (Fsp3) is 1.00. The molecule has 2 fully saturated rings. The maximum Gasteiger partial charge on any atom is 0.214 e. The molecule has 0 radical (unpaired) electrons. The highest BCUT2D eigenvalue weighted by molar-refractivity contribution is 7.89. The molecule has 0 spiro atoms. The quantitative estimate of drug-likeness (QED) is 0.759. The van der Waals surface area contributed by atoms with Gasteiger partial charge in [0, 0.05) is 19.7 Å². The molecule has 0 aliphatic carbocycles. The van der Waals surface area contributed by atoms with E-state index in [0.717, 1.165) is 38.8 Å². The van der Waals surface area contributed by atoms with Crippen molar-refractivity contribution < 1.29 is 13.5 Å². The lowest BCUT2D eigenvalue weighted by Crippen LogP contribution is -2.44. The molecule has 0 bridgehead atoms. The van der Waals surface area contributed by atoms with Crippen LogP contribution < -0.4 is 5.32 Å². The van der Waals surface area contributed by atoms with Crippen molar-refractivity contribution in [2.24, 2.45) is 11.8 Å². The number of piperidine rings is 2. The molecule has 0 aromatic carbocycles. The largest absolute Gasteiger partial charge is 0.396 e. The van der Waals surface area contributed by atoms with Crippen molar-refractivity contribution in [3.63, 3.8) is 0 Å². The van der Waals surface area contributed by atoms with Crippen LogP contribution in [0.1, 0.15) is 25.7 Å². The molecule has 18 heavy (non-hydrogen) atoms. The monoisotopic (exact) mass is 276 g/mol. The standard InChI is InChI=1S/C12H24N2O3S/c15-9-12-2-1-7-14(8-12)18(16,17)10-11-3-5-13-6-4-11/h11-13,15H,1-10H2. The third-order valence-electron chi connectivity index (χ3n) is 4.04. The van der Waals surface area contributed by atoms with E-state index in [1.54, 1.807) is 4.31 Å². The van der Waals surface area contributed by atoms with E-state index in [2.05, 4.69) is 5.32 Å². The van der Waals surface area contributed by atoms with E-state index < -0.39 is 10.0 Å². The Morgan fingerprint density at radius 2 is 1.89 bits per heavy atom. The number of rotatable bonds is 4. The zero-order valence-corrected chi connectivity index (χ0v) is 11.7. The molecule has 106 valence electrons. The van der Waals surface area contributed by atoms with E-state index in [-0.39, 0.29) is 18.3 Å². The van der Waals surface area contributed by atoms with Crippen LogP contribution in [-0.4, -0.2) is 56.4 Å². The first-order valence-corrected chi connectivity index (χ1v) is 8.52. The Balaban J connectivity index is 1.92. The Hall–Kier alpha value is -0.170. The van der Waals surface area contributed by atoms with Gasteiger partial charge in [0.2, 0.25) is 10.0 Å². The van der Waals surface area contributed by atoms with Crippen molar-refractivity contribution in [2.45, 2.75) is 25.7 Å². The molecule has 5 nitrogen and oxygen atoms in total. The van der Waals surface area contributed by atoms with Gasteiger partial charge in [-0.2, -0.15) is 0 Å². The van der Waals surface area contributed by atoms with Gasteiger partial charge in [-0.1, -0.05) is 0 Å². The summed E-state index contributed by atoms with van der Waals surface area (Å²) >= 11 is 0. The Morgan fingerprint density at radius 1 is 1.17 bits per heavy atom. The first-order chi connectivity index (χ1) is 8.62. The number of sulfonamides is 1. The number of nitrogens with one attached hydrogen (secondary N) is 1. The first kappa shape index (κ1) is 14.2. The normalized spacial score (nSPS) is 28.4. The van der Waals surface area contributed by atoms with Crippen LogP contribution in [0.4, 0.5) is 0 Å². The summed E-state index contributed by atoms with van der Waals surface area (Å²) in [7, 11) is -3.13. The highest BCUT2D eigenvalue weighted by Crippen LogP contribution is 2.22. The number of aliphatic hydroxyl groups is 1. The van der Waals surface area contributed by atoms with Gasteiger partial charge in [0.15, 0.2) is 0 Å². The second-order valence-corrected chi connectivity index (χ2v) is 7.53. The number of aliphatic hydroxyl groups excluding tert-OH is 1. The summed E-state index contributed by atoms with van der Waals surface area (Å²) in [5.74, 6) is 0.708. The van der Waals surface area contributed by atoms with Crippen molar-refractivity contribution in [2.75, 3.05) is 38.5 Å². The predicted octanol–water partition coefficient (Wildman–Crippen LogP) is 0.0201. The smallest absolute Gasteiger partial charge is 0.214 e. The van der Waals surface area contributed by atoms with Gasteiger partial charge in [-0.25, -0.2) is 12.7 Å². The van der Waals surface area contributed by atoms with Crippen LogP contribution in [0, 0.1) is 11.8 Å². The molecule has 2 saturated heterocycles. The zero-order valence-electron chi connectivity index (χ0n) is 10.8. The van der Waals surface area contributed by atoms with Gasteiger partial charge in [0.1, 0.15) is 0 Å². The topological polar surface area (TPSA) is 69.6 Å². The summed E-state index contributed by atoms with van der Waals surface area (Å²) in [6.07, 6.45) is 3.72. The lowest BCUT2D eigenvalue weighted by molar-refractivity contribution is 0.165. The third-order valence-corrected chi connectivity index (χ3v) is 6.05. The molecule has 2 aliphatic heterocycles. The van der Waals surface area contributed by atoms with E-state index in [1.807, 2.05) is 0 Å². The Bertz CT molecular complexity index is 352. The number of nitrogens with zero attached hydrogens (tertiary/aromatic N) is 1. The molecule has 0 amide bonds. The summed E-state index contributed by atoms with van der Waals surface area (Å²) < 4.78 is 26.3. The van der Waals surface area contributed by atoms with Crippen LogP contribution in [0.25, 0.3) is 0 Å². The lowest BCUT2D eigenvalue weighted by Gasteiger charge is -2.32. The van der Waals surface area contributed by atoms with Gasteiger partial charge in [0.25, 0.3) is 0 Å². The average Bonchev–Trinajstić information content (AvgIpc) is 2.39. The van der Waals surface area contributed by atoms with Gasteiger partial charge in [-0.3, -0.25) is 0 Å². The van der Waals surface area contributed by atoms with Crippen molar-refractivity contribution in [3.8, 4) is 0 Å². The second kappa shape index (κ2) is 6.32. The van der Waals surface area contributed by atoms with Gasteiger partial charge in [0.05, 0.1) is 5.75 Å². The van der Waals surface area contributed by atoms with Crippen molar-refractivity contribution in [3.05, 3.63) is 0 Å². The van der Waals surface area contributed by atoms with E-state index >= 15 is 0 Å². The SMILES string of the molecule is O=S(=O)(CC1CCNCC1)N1CCCC(CO)C1. The molecule has 2 N–H and O–H groups in total. The van der Waals surface area contributed by atoms with Gasteiger partial charge >= 0.3 is 0 Å². The number of hydrogen-bond acceptors (Lipinski definition) is 4. The molecule has 1 unspecified atom stereocenters. The van der Waals surface area contributed by atoms with E-state index in [0.29, 0.717) is 19.0 Å². The van der Waals surface area contributed by atoms with Crippen LogP contribution in [-0.2, 0) is 10.0 Å². The minimum Gasteiger partial charge on any atom is -0.396 e. The first-order valence-electron chi connectivity index (χ1n) is 6.91. The van der Waals surface area contributed by atoms with Crippen molar-refractivity contribution in [1.82, 2.24) is 9.62 Å². The molecule has 0 aromatic heterocycles. The van der Waals surface area contributed by atoms with Crippen LogP contribution >= 0.6 is 0 Å². The maximum atomic E-state index is 12.3. The van der Waals surface area contributed by atoms with Gasteiger partial charge in [-0.05, 0) is 50.6 Å². The van der Waals surface area contributed by atoms with Crippen LogP contribution in [0.15, 0.2) is 0 Å². The van der Waals surface area contributed by atoms with Gasteiger partial charge in [-0.15, -0.1) is 0 Å². The predicted molar refractivity (Wildman–Crippen MR) is 70.8 cm³/mol. The molecule has 6 heteroatoms. The summed E-state index contributed by atoms with van der Waals surface area (Å²) in [5.41, 5.74) is 0. The fourth-order valence-electron chi connectivity index (χ4n) is 2.88. The van der Waals surface area contributed by atoms with Crippen LogP contribution in [0.3, 0.4) is 0 Å². The molecule has 2 aliphatic rings. The molecule has 0 saturated carbocycles. The number of hydrogen-bond donors (Lipinski definition) is 2. The van der Waals surface area contributed by atoms with Crippen LogP contribution in [0.2, 0.25) is 0 Å². The Morgan fingerprint density at radius 3 is 2.56 bits per heavy atom. The molecule has 2 rings (SSSR count). The molecular formula is C12H24N2O3S.